The van der Waals surface area contributed by atoms with Gasteiger partial charge in [-0.25, -0.2) is 0 Å². The normalized spacial score (nSPS) is 12.3. The van der Waals surface area contributed by atoms with E-state index in [1.165, 1.54) is 4.68 Å². The summed E-state index contributed by atoms with van der Waals surface area (Å²) in [7, 11) is 0. The standard InChI is InChI=1S/C15H15N5O3/c1-9-13(20(21)22)10(2)19(18-9)11(3)14-16-17-15(23-14)12-7-5-4-6-8-12/h4-8,11H,1-3H3/t11-/m0/s1. The van der Waals surface area contributed by atoms with Crippen molar-refractivity contribution in [3.05, 3.63) is 57.7 Å². The largest absolute Gasteiger partial charge is 0.418 e. The molecule has 0 bridgehead atoms. The van der Waals surface area contributed by atoms with Crippen LogP contribution in [-0.4, -0.2) is 24.9 Å². The third-order valence-corrected chi connectivity index (χ3v) is 3.65. The van der Waals surface area contributed by atoms with Gasteiger partial charge in [0.1, 0.15) is 17.4 Å². The van der Waals surface area contributed by atoms with Crippen molar-refractivity contribution in [1.82, 2.24) is 20.0 Å². The van der Waals surface area contributed by atoms with Crippen molar-refractivity contribution >= 4 is 5.69 Å². The summed E-state index contributed by atoms with van der Waals surface area (Å²) in [6.07, 6.45) is 0. The van der Waals surface area contributed by atoms with E-state index >= 15 is 0 Å². The molecule has 0 radical (unpaired) electrons. The maximum Gasteiger partial charge on any atom is 0.312 e. The first-order chi connectivity index (χ1) is 11.0. The minimum absolute atomic E-state index is 0.0136. The average Bonchev–Trinajstić information content (AvgIpc) is 3.12. The summed E-state index contributed by atoms with van der Waals surface area (Å²) in [6.45, 7) is 5.08. The molecule has 23 heavy (non-hydrogen) atoms. The molecular weight excluding hydrogens is 298 g/mol. The van der Waals surface area contributed by atoms with Crippen LogP contribution in [0.15, 0.2) is 34.7 Å². The fourth-order valence-corrected chi connectivity index (χ4v) is 2.50. The van der Waals surface area contributed by atoms with Crippen LogP contribution >= 0.6 is 0 Å². The number of hydrogen-bond donors (Lipinski definition) is 0. The lowest BCUT2D eigenvalue weighted by Crippen LogP contribution is -2.11. The molecule has 0 aliphatic carbocycles. The smallest absolute Gasteiger partial charge is 0.312 e. The maximum atomic E-state index is 11.1. The van der Waals surface area contributed by atoms with Crippen LogP contribution in [-0.2, 0) is 0 Å². The second-order valence-electron chi connectivity index (χ2n) is 5.21. The predicted octanol–water partition coefficient (Wildman–Crippen LogP) is 3.07. The van der Waals surface area contributed by atoms with E-state index in [9.17, 15) is 10.1 Å². The molecule has 0 aliphatic heterocycles. The molecule has 0 unspecified atom stereocenters. The molecule has 0 aliphatic rings. The van der Waals surface area contributed by atoms with Gasteiger partial charge in [0.2, 0.25) is 11.8 Å². The van der Waals surface area contributed by atoms with Crippen LogP contribution in [0.4, 0.5) is 5.69 Å². The molecule has 118 valence electrons. The molecule has 1 aromatic carbocycles. The third kappa shape index (κ3) is 2.59. The zero-order valence-corrected chi connectivity index (χ0v) is 12.9. The Kier molecular flexibility index (Phi) is 3.65. The van der Waals surface area contributed by atoms with Crippen molar-refractivity contribution in [3.63, 3.8) is 0 Å². The van der Waals surface area contributed by atoms with Gasteiger partial charge in [0, 0.05) is 5.56 Å². The Labute approximate surface area is 131 Å². The molecule has 0 fully saturated rings. The van der Waals surface area contributed by atoms with Gasteiger partial charge >= 0.3 is 5.69 Å². The van der Waals surface area contributed by atoms with E-state index in [0.29, 0.717) is 23.2 Å². The van der Waals surface area contributed by atoms with Gasteiger partial charge < -0.3 is 4.42 Å². The minimum Gasteiger partial charge on any atom is -0.418 e. The number of nitro groups is 1. The summed E-state index contributed by atoms with van der Waals surface area (Å²) in [6, 6.07) is 9.01. The highest BCUT2D eigenvalue weighted by atomic mass is 16.6. The van der Waals surface area contributed by atoms with Gasteiger partial charge in [0.25, 0.3) is 0 Å². The summed E-state index contributed by atoms with van der Waals surface area (Å²) in [5.74, 6) is 0.757. The Morgan fingerprint density at radius 1 is 1.22 bits per heavy atom. The van der Waals surface area contributed by atoms with Crippen molar-refractivity contribution < 1.29 is 9.34 Å². The monoisotopic (exact) mass is 313 g/mol. The number of nitrogens with zero attached hydrogens (tertiary/aromatic N) is 5. The van der Waals surface area contributed by atoms with Crippen LogP contribution in [0, 0.1) is 24.0 Å². The molecule has 3 rings (SSSR count). The first kappa shape index (κ1) is 14.9. The van der Waals surface area contributed by atoms with Crippen LogP contribution < -0.4 is 0 Å². The molecule has 0 N–H and O–H groups in total. The predicted molar refractivity (Wildman–Crippen MR) is 81.9 cm³/mol. The summed E-state index contributed by atoms with van der Waals surface area (Å²) in [5.41, 5.74) is 1.65. The van der Waals surface area contributed by atoms with Gasteiger partial charge in [-0.05, 0) is 32.9 Å². The number of aromatic nitrogens is 4. The molecule has 1 atom stereocenters. The van der Waals surface area contributed by atoms with E-state index in [4.69, 9.17) is 4.42 Å². The molecule has 0 saturated carbocycles. The Hall–Kier alpha value is -3.03. The summed E-state index contributed by atoms with van der Waals surface area (Å²) < 4.78 is 7.24. The van der Waals surface area contributed by atoms with E-state index < -0.39 is 11.0 Å². The molecule has 2 heterocycles. The lowest BCUT2D eigenvalue weighted by atomic mass is 10.2. The van der Waals surface area contributed by atoms with Gasteiger partial charge in [-0.1, -0.05) is 18.2 Å². The van der Waals surface area contributed by atoms with Crippen LogP contribution in [0.3, 0.4) is 0 Å². The Morgan fingerprint density at radius 3 is 2.52 bits per heavy atom. The first-order valence-electron chi connectivity index (χ1n) is 7.08. The zero-order valence-electron chi connectivity index (χ0n) is 12.9. The van der Waals surface area contributed by atoms with Crippen LogP contribution in [0.5, 0.6) is 0 Å². The molecule has 3 aromatic rings. The van der Waals surface area contributed by atoms with Crippen molar-refractivity contribution in [1.29, 1.82) is 0 Å². The van der Waals surface area contributed by atoms with Crippen molar-refractivity contribution in [2.45, 2.75) is 26.8 Å². The van der Waals surface area contributed by atoms with Gasteiger partial charge in [-0.2, -0.15) is 5.10 Å². The second kappa shape index (κ2) is 5.64. The summed E-state index contributed by atoms with van der Waals surface area (Å²) in [5, 5.41) is 23.4. The summed E-state index contributed by atoms with van der Waals surface area (Å²) in [4.78, 5) is 10.7. The number of rotatable bonds is 4. The summed E-state index contributed by atoms with van der Waals surface area (Å²) >= 11 is 0. The SMILES string of the molecule is Cc1nn([C@@H](C)c2nnc(-c3ccccc3)o2)c(C)c1[N+](=O)[O-]. The third-order valence-electron chi connectivity index (χ3n) is 3.65. The molecule has 8 nitrogen and oxygen atoms in total. The molecule has 8 heteroatoms. The first-order valence-corrected chi connectivity index (χ1v) is 7.08. The van der Waals surface area contributed by atoms with Crippen molar-refractivity contribution in [2.24, 2.45) is 0 Å². The van der Waals surface area contributed by atoms with Gasteiger partial charge in [0.15, 0.2) is 0 Å². The van der Waals surface area contributed by atoms with Gasteiger partial charge in [0.05, 0.1) is 4.92 Å². The fraction of sp³-hybridized carbons (Fsp3) is 0.267. The van der Waals surface area contributed by atoms with Crippen LogP contribution in [0.2, 0.25) is 0 Å². The topological polar surface area (TPSA) is 99.9 Å². The Bertz CT molecular complexity index is 853. The van der Waals surface area contributed by atoms with Crippen LogP contribution in [0.1, 0.15) is 30.2 Å². The average molecular weight is 313 g/mol. The van der Waals surface area contributed by atoms with E-state index in [2.05, 4.69) is 15.3 Å². The quantitative estimate of drug-likeness (QED) is 0.542. The zero-order chi connectivity index (χ0) is 16.6. The van der Waals surface area contributed by atoms with Gasteiger partial charge in [-0.15, -0.1) is 10.2 Å². The Balaban J connectivity index is 1.96. The van der Waals surface area contributed by atoms with E-state index in [0.717, 1.165) is 5.56 Å². The molecule has 0 spiro atoms. The maximum absolute atomic E-state index is 11.1. The number of aryl methyl sites for hydroxylation is 1. The minimum atomic E-state index is -0.426. The highest BCUT2D eigenvalue weighted by Gasteiger charge is 2.27. The highest BCUT2D eigenvalue weighted by Crippen LogP contribution is 2.28. The second-order valence-corrected chi connectivity index (χ2v) is 5.21. The molecule has 0 saturated heterocycles. The number of benzene rings is 1. The van der Waals surface area contributed by atoms with Crippen LogP contribution in [0.25, 0.3) is 11.5 Å². The fourth-order valence-electron chi connectivity index (χ4n) is 2.50. The molecule has 2 aromatic heterocycles. The number of hydrogen-bond acceptors (Lipinski definition) is 6. The van der Waals surface area contributed by atoms with Gasteiger partial charge in [-0.3, -0.25) is 14.8 Å². The van der Waals surface area contributed by atoms with Crippen molar-refractivity contribution in [2.75, 3.05) is 0 Å². The lowest BCUT2D eigenvalue weighted by molar-refractivity contribution is -0.386. The van der Waals surface area contributed by atoms with E-state index in [-0.39, 0.29) is 5.69 Å². The highest BCUT2D eigenvalue weighted by molar-refractivity contribution is 5.51. The molecular formula is C15H15N5O3. The van der Waals surface area contributed by atoms with E-state index in [1.807, 2.05) is 37.3 Å². The molecule has 0 amide bonds. The lowest BCUT2D eigenvalue weighted by Gasteiger charge is -2.08. The Morgan fingerprint density at radius 2 is 1.91 bits per heavy atom. The van der Waals surface area contributed by atoms with E-state index in [1.54, 1.807) is 13.8 Å². The van der Waals surface area contributed by atoms with Crippen molar-refractivity contribution in [3.8, 4) is 11.5 Å².